The van der Waals surface area contributed by atoms with Gasteiger partial charge in [0, 0.05) is 13.0 Å². The second-order valence-electron chi connectivity index (χ2n) is 5.13. The van der Waals surface area contributed by atoms with Gasteiger partial charge in [-0.15, -0.1) is 0 Å². The van der Waals surface area contributed by atoms with Gasteiger partial charge in [0.2, 0.25) is 5.91 Å². The Labute approximate surface area is 108 Å². The Hall–Kier alpha value is -1.10. The molecule has 104 valence electrons. The first-order valence-corrected chi connectivity index (χ1v) is 6.75. The third-order valence-corrected chi connectivity index (χ3v) is 4.07. The SMILES string of the molecule is CCC(CC)(CNC(=O)CC1CCNC1)C(=O)O. The van der Waals surface area contributed by atoms with Crippen molar-refractivity contribution in [2.75, 3.05) is 19.6 Å². The van der Waals surface area contributed by atoms with E-state index < -0.39 is 11.4 Å². The van der Waals surface area contributed by atoms with Crippen LogP contribution in [0.1, 0.15) is 39.5 Å². The Morgan fingerprint density at radius 2 is 2.06 bits per heavy atom. The van der Waals surface area contributed by atoms with E-state index in [-0.39, 0.29) is 12.5 Å². The van der Waals surface area contributed by atoms with Gasteiger partial charge in [-0.2, -0.15) is 0 Å². The number of nitrogens with one attached hydrogen (secondary N) is 2. The molecule has 1 aliphatic heterocycles. The van der Waals surface area contributed by atoms with Gasteiger partial charge in [-0.05, 0) is 38.3 Å². The van der Waals surface area contributed by atoms with Crippen molar-refractivity contribution < 1.29 is 14.7 Å². The number of hydrogen-bond acceptors (Lipinski definition) is 3. The van der Waals surface area contributed by atoms with E-state index in [4.69, 9.17) is 0 Å². The molecule has 0 aromatic heterocycles. The summed E-state index contributed by atoms with van der Waals surface area (Å²) in [5.41, 5.74) is -0.816. The van der Waals surface area contributed by atoms with Crippen LogP contribution >= 0.6 is 0 Å². The molecule has 5 heteroatoms. The topological polar surface area (TPSA) is 78.4 Å². The standard InChI is InChI=1S/C13H24N2O3/c1-3-13(4-2,12(17)18)9-15-11(16)7-10-5-6-14-8-10/h10,14H,3-9H2,1-2H3,(H,15,16)(H,17,18). The summed E-state index contributed by atoms with van der Waals surface area (Å²) in [5.74, 6) is -0.459. The summed E-state index contributed by atoms with van der Waals surface area (Å²) < 4.78 is 0. The van der Waals surface area contributed by atoms with Gasteiger partial charge < -0.3 is 15.7 Å². The van der Waals surface area contributed by atoms with Crippen LogP contribution in [0.25, 0.3) is 0 Å². The van der Waals surface area contributed by atoms with E-state index in [1.165, 1.54) is 0 Å². The fourth-order valence-electron chi connectivity index (χ4n) is 2.37. The minimum absolute atomic E-state index is 0.0313. The van der Waals surface area contributed by atoms with Crippen LogP contribution in [0, 0.1) is 11.3 Å². The monoisotopic (exact) mass is 256 g/mol. The van der Waals surface area contributed by atoms with Crippen molar-refractivity contribution >= 4 is 11.9 Å². The molecule has 1 heterocycles. The molecule has 0 aromatic carbocycles. The number of carbonyl (C=O) groups is 2. The van der Waals surface area contributed by atoms with Crippen LogP contribution in [0.2, 0.25) is 0 Å². The van der Waals surface area contributed by atoms with Crippen molar-refractivity contribution in [3.05, 3.63) is 0 Å². The molecule has 0 bridgehead atoms. The Bertz CT molecular complexity index is 295. The Balaban J connectivity index is 2.41. The molecule has 0 saturated carbocycles. The van der Waals surface area contributed by atoms with Crippen molar-refractivity contribution in [2.24, 2.45) is 11.3 Å². The second kappa shape index (κ2) is 6.73. The van der Waals surface area contributed by atoms with Crippen molar-refractivity contribution in [3.8, 4) is 0 Å². The molecule has 0 aliphatic carbocycles. The van der Waals surface area contributed by atoms with E-state index in [9.17, 15) is 14.7 Å². The zero-order chi connectivity index (χ0) is 13.6. The molecule has 1 aliphatic rings. The van der Waals surface area contributed by atoms with Crippen LogP contribution in [-0.4, -0.2) is 36.6 Å². The first-order valence-electron chi connectivity index (χ1n) is 6.75. The Kier molecular flexibility index (Phi) is 5.59. The van der Waals surface area contributed by atoms with Crippen LogP contribution in [0.3, 0.4) is 0 Å². The fraction of sp³-hybridized carbons (Fsp3) is 0.846. The molecule has 1 saturated heterocycles. The quantitative estimate of drug-likeness (QED) is 0.635. The smallest absolute Gasteiger partial charge is 0.311 e. The number of aliphatic carboxylic acids is 1. The summed E-state index contributed by atoms with van der Waals surface area (Å²) in [6, 6.07) is 0. The average molecular weight is 256 g/mol. The molecule has 0 spiro atoms. The molecule has 0 radical (unpaired) electrons. The zero-order valence-corrected chi connectivity index (χ0v) is 11.3. The van der Waals surface area contributed by atoms with Crippen molar-refractivity contribution in [2.45, 2.75) is 39.5 Å². The maximum atomic E-state index is 11.8. The molecule has 1 rings (SSSR count). The molecule has 1 amide bonds. The maximum Gasteiger partial charge on any atom is 0.311 e. The van der Waals surface area contributed by atoms with Gasteiger partial charge in [-0.3, -0.25) is 9.59 Å². The van der Waals surface area contributed by atoms with E-state index in [2.05, 4.69) is 10.6 Å². The summed E-state index contributed by atoms with van der Waals surface area (Å²) in [6.07, 6.45) is 2.59. The van der Waals surface area contributed by atoms with Crippen LogP contribution in [0.15, 0.2) is 0 Å². The number of amides is 1. The van der Waals surface area contributed by atoms with E-state index in [0.717, 1.165) is 19.5 Å². The van der Waals surface area contributed by atoms with Crippen molar-refractivity contribution in [3.63, 3.8) is 0 Å². The summed E-state index contributed by atoms with van der Waals surface area (Å²) in [4.78, 5) is 23.0. The molecule has 1 fully saturated rings. The largest absolute Gasteiger partial charge is 0.481 e. The van der Waals surface area contributed by atoms with Gasteiger partial charge in [-0.1, -0.05) is 13.8 Å². The molecular weight excluding hydrogens is 232 g/mol. The van der Waals surface area contributed by atoms with Crippen LogP contribution in [-0.2, 0) is 9.59 Å². The second-order valence-corrected chi connectivity index (χ2v) is 5.13. The lowest BCUT2D eigenvalue weighted by atomic mass is 9.82. The first-order chi connectivity index (χ1) is 8.54. The lowest BCUT2D eigenvalue weighted by Gasteiger charge is -2.27. The summed E-state index contributed by atoms with van der Waals surface area (Å²) in [7, 11) is 0. The van der Waals surface area contributed by atoms with Crippen molar-refractivity contribution in [1.82, 2.24) is 10.6 Å². The number of rotatable bonds is 7. The molecule has 18 heavy (non-hydrogen) atoms. The van der Waals surface area contributed by atoms with Gasteiger partial charge in [0.25, 0.3) is 0 Å². The normalized spacial score (nSPS) is 19.8. The number of carboxylic acids is 1. The minimum atomic E-state index is -0.824. The summed E-state index contributed by atoms with van der Waals surface area (Å²) in [5, 5.41) is 15.3. The van der Waals surface area contributed by atoms with Crippen LogP contribution < -0.4 is 10.6 Å². The maximum absolute atomic E-state index is 11.8. The third-order valence-electron chi connectivity index (χ3n) is 4.07. The highest BCUT2D eigenvalue weighted by molar-refractivity contribution is 5.79. The van der Waals surface area contributed by atoms with E-state index in [0.29, 0.717) is 25.2 Å². The molecule has 5 nitrogen and oxygen atoms in total. The third kappa shape index (κ3) is 3.70. The highest BCUT2D eigenvalue weighted by atomic mass is 16.4. The Morgan fingerprint density at radius 1 is 1.39 bits per heavy atom. The van der Waals surface area contributed by atoms with Gasteiger partial charge in [-0.25, -0.2) is 0 Å². The number of carboxylic acid groups (broad SMARTS) is 1. The predicted molar refractivity (Wildman–Crippen MR) is 69.3 cm³/mol. The van der Waals surface area contributed by atoms with Crippen LogP contribution in [0.5, 0.6) is 0 Å². The minimum Gasteiger partial charge on any atom is -0.481 e. The lowest BCUT2D eigenvalue weighted by Crippen LogP contribution is -2.42. The number of carbonyl (C=O) groups excluding carboxylic acids is 1. The van der Waals surface area contributed by atoms with E-state index in [1.807, 2.05) is 13.8 Å². The molecule has 0 aromatic rings. The lowest BCUT2D eigenvalue weighted by molar-refractivity contribution is -0.149. The van der Waals surface area contributed by atoms with Gasteiger partial charge in [0.15, 0.2) is 0 Å². The fourth-order valence-corrected chi connectivity index (χ4v) is 2.37. The molecule has 3 N–H and O–H groups in total. The number of hydrogen-bond donors (Lipinski definition) is 3. The molecular formula is C13H24N2O3. The summed E-state index contributed by atoms with van der Waals surface area (Å²) in [6.45, 7) is 5.80. The van der Waals surface area contributed by atoms with Gasteiger partial charge in [0.1, 0.15) is 0 Å². The van der Waals surface area contributed by atoms with Crippen LogP contribution in [0.4, 0.5) is 0 Å². The average Bonchev–Trinajstić information content (AvgIpc) is 2.83. The molecule has 1 unspecified atom stereocenters. The predicted octanol–water partition coefficient (Wildman–Crippen LogP) is 0.993. The first kappa shape index (κ1) is 15.0. The van der Waals surface area contributed by atoms with Crippen molar-refractivity contribution in [1.29, 1.82) is 0 Å². The zero-order valence-electron chi connectivity index (χ0n) is 11.3. The van der Waals surface area contributed by atoms with E-state index >= 15 is 0 Å². The highest BCUT2D eigenvalue weighted by Crippen LogP contribution is 2.25. The van der Waals surface area contributed by atoms with E-state index in [1.54, 1.807) is 0 Å². The summed E-state index contributed by atoms with van der Waals surface area (Å²) >= 11 is 0. The van der Waals surface area contributed by atoms with Gasteiger partial charge in [0.05, 0.1) is 5.41 Å². The molecule has 1 atom stereocenters. The highest BCUT2D eigenvalue weighted by Gasteiger charge is 2.35. The Morgan fingerprint density at radius 3 is 2.50 bits per heavy atom. The van der Waals surface area contributed by atoms with Gasteiger partial charge >= 0.3 is 5.97 Å².